The number of nitrogens with two attached hydrogens (primary N) is 2. The van der Waals surface area contributed by atoms with Crippen LogP contribution >= 0.6 is 0 Å². The van der Waals surface area contributed by atoms with Gasteiger partial charge in [0, 0.05) is 6.54 Å². The van der Waals surface area contributed by atoms with Crippen molar-refractivity contribution in [1.29, 1.82) is 0 Å². The average Bonchev–Trinajstić information content (AvgIpc) is 2.03. The van der Waals surface area contributed by atoms with Gasteiger partial charge in [0.05, 0.1) is 6.10 Å². The molecule has 0 aliphatic carbocycles. The van der Waals surface area contributed by atoms with Gasteiger partial charge in [-0.1, -0.05) is 0 Å². The minimum absolute atomic E-state index is 0.211. The van der Waals surface area contributed by atoms with Crippen LogP contribution in [0.2, 0.25) is 0 Å². The van der Waals surface area contributed by atoms with Crippen molar-refractivity contribution in [2.24, 2.45) is 11.5 Å². The third kappa shape index (κ3) is 5.06. The summed E-state index contributed by atoms with van der Waals surface area (Å²) >= 11 is 0. The predicted octanol–water partition coefficient (Wildman–Crippen LogP) is -1.11. The Morgan fingerprint density at radius 1 is 1.42 bits per heavy atom. The van der Waals surface area contributed by atoms with Crippen LogP contribution in [-0.4, -0.2) is 34.9 Å². The summed E-state index contributed by atoms with van der Waals surface area (Å²) in [6.45, 7) is 0.211. The first kappa shape index (κ1) is 11.4. The van der Waals surface area contributed by atoms with E-state index in [0.717, 1.165) is 0 Å². The van der Waals surface area contributed by atoms with Gasteiger partial charge in [0.15, 0.2) is 0 Å². The van der Waals surface area contributed by atoms with Crippen LogP contribution < -0.4 is 11.5 Å². The number of aliphatic hydroxyl groups excluding tert-OH is 1. The minimum Gasteiger partial charge on any atom is -0.480 e. The van der Waals surface area contributed by atoms with Crippen LogP contribution in [0.3, 0.4) is 0 Å². The molecule has 0 amide bonds. The normalized spacial score (nSPS) is 15.6. The number of carbonyl (C=O) groups is 1. The number of carboxylic acid groups (broad SMARTS) is 1. The lowest BCUT2D eigenvalue weighted by molar-refractivity contribution is -0.138. The molecule has 0 spiro atoms. The van der Waals surface area contributed by atoms with Crippen LogP contribution in [0.25, 0.3) is 0 Å². The second-order valence-electron chi connectivity index (χ2n) is 2.77. The highest BCUT2D eigenvalue weighted by Gasteiger charge is 2.11. The standard InChI is InChI=1S/C7H16N2O3/c8-4-5(10)2-1-3-6(9)7(11)12/h5-6,10H,1-4,8-9H2,(H,11,12)/t5-,6-/m1/s1. The van der Waals surface area contributed by atoms with Crippen molar-refractivity contribution in [3.63, 3.8) is 0 Å². The number of hydrogen-bond acceptors (Lipinski definition) is 4. The molecule has 0 bridgehead atoms. The largest absolute Gasteiger partial charge is 0.480 e. The molecule has 0 aliphatic heterocycles. The van der Waals surface area contributed by atoms with Gasteiger partial charge >= 0.3 is 5.97 Å². The fourth-order valence-corrected chi connectivity index (χ4v) is 0.815. The number of hydrogen-bond donors (Lipinski definition) is 4. The van der Waals surface area contributed by atoms with Gasteiger partial charge in [0.25, 0.3) is 0 Å². The molecule has 0 aliphatic rings. The molecule has 0 aromatic carbocycles. The van der Waals surface area contributed by atoms with Crippen LogP contribution in [0.15, 0.2) is 0 Å². The van der Waals surface area contributed by atoms with Crippen molar-refractivity contribution >= 4 is 5.97 Å². The Kier molecular flexibility index (Phi) is 5.61. The van der Waals surface area contributed by atoms with E-state index in [1.54, 1.807) is 0 Å². The molecule has 12 heavy (non-hydrogen) atoms. The Bertz CT molecular complexity index is 141. The van der Waals surface area contributed by atoms with E-state index >= 15 is 0 Å². The zero-order valence-corrected chi connectivity index (χ0v) is 6.94. The van der Waals surface area contributed by atoms with E-state index in [9.17, 15) is 4.79 Å². The van der Waals surface area contributed by atoms with Gasteiger partial charge in [-0.05, 0) is 19.3 Å². The Morgan fingerprint density at radius 3 is 2.42 bits per heavy atom. The van der Waals surface area contributed by atoms with E-state index in [1.165, 1.54) is 0 Å². The van der Waals surface area contributed by atoms with Crippen molar-refractivity contribution < 1.29 is 15.0 Å². The number of aliphatic hydroxyl groups is 1. The molecule has 0 aromatic rings. The highest BCUT2D eigenvalue weighted by Crippen LogP contribution is 2.02. The van der Waals surface area contributed by atoms with E-state index in [1.807, 2.05) is 0 Å². The fourth-order valence-electron chi connectivity index (χ4n) is 0.815. The fraction of sp³-hybridized carbons (Fsp3) is 0.857. The molecular formula is C7H16N2O3. The van der Waals surface area contributed by atoms with Crippen molar-refractivity contribution in [2.45, 2.75) is 31.4 Å². The lowest BCUT2D eigenvalue weighted by atomic mass is 10.1. The van der Waals surface area contributed by atoms with Gasteiger partial charge in [0.1, 0.15) is 6.04 Å². The van der Waals surface area contributed by atoms with Gasteiger partial charge in [-0.25, -0.2) is 0 Å². The van der Waals surface area contributed by atoms with E-state index in [-0.39, 0.29) is 6.54 Å². The lowest BCUT2D eigenvalue weighted by Gasteiger charge is -2.08. The van der Waals surface area contributed by atoms with Crippen molar-refractivity contribution in [1.82, 2.24) is 0 Å². The van der Waals surface area contributed by atoms with E-state index < -0.39 is 18.1 Å². The Morgan fingerprint density at radius 2 is 2.00 bits per heavy atom. The molecule has 0 fully saturated rings. The summed E-state index contributed by atoms with van der Waals surface area (Å²) in [5, 5.41) is 17.4. The summed E-state index contributed by atoms with van der Waals surface area (Å²) in [5.74, 6) is -1.00. The van der Waals surface area contributed by atoms with Crippen molar-refractivity contribution in [3.05, 3.63) is 0 Å². The summed E-state index contributed by atoms with van der Waals surface area (Å²) in [4.78, 5) is 10.2. The van der Waals surface area contributed by atoms with E-state index in [0.29, 0.717) is 19.3 Å². The molecule has 0 saturated heterocycles. The van der Waals surface area contributed by atoms with Gasteiger partial charge < -0.3 is 21.7 Å². The van der Waals surface area contributed by atoms with Crippen LogP contribution in [0, 0.1) is 0 Å². The molecule has 0 heterocycles. The molecule has 0 saturated carbocycles. The van der Waals surface area contributed by atoms with Crippen LogP contribution in [0.5, 0.6) is 0 Å². The van der Waals surface area contributed by atoms with Gasteiger partial charge in [-0.2, -0.15) is 0 Å². The molecular weight excluding hydrogens is 160 g/mol. The second-order valence-corrected chi connectivity index (χ2v) is 2.77. The molecule has 0 aromatic heterocycles. The first-order valence-electron chi connectivity index (χ1n) is 3.94. The third-order valence-corrected chi connectivity index (χ3v) is 1.64. The summed E-state index contributed by atoms with van der Waals surface area (Å²) in [6.07, 6.45) is 0.946. The average molecular weight is 176 g/mol. The molecule has 0 rings (SSSR count). The maximum absolute atomic E-state index is 10.2. The summed E-state index contributed by atoms with van der Waals surface area (Å²) in [6, 6.07) is -0.824. The highest BCUT2D eigenvalue weighted by molar-refractivity contribution is 5.72. The van der Waals surface area contributed by atoms with E-state index in [4.69, 9.17) is 21.7 Å². The van der Waals surface area contributed by atoms with Crippen LogP contribution in [0.1, 0.15) is 19.3 Å². The lowest BCUT2D eigenvalue weighted by Crippen LogP contribution is -2.30. The zero-order chi connectivity index (χ0) is 9.56. The highest BCUT2D eigenvalue weighted by atomic mass is 16.4. The predicted molar refractivity (Wildman–Crippen MR) is 44.5 cm³/mol. The Labute approximate surface area is 71.4 Å². The van der Waals surface area contributed by atoms with Crippen LogP contribution in [0.4, 0.5) is 0 Å². The SMILES string of the molecule is NC[C@H](O)CCC[C@@H](N)C(=O)O. The Hall–Kier alpha value is -0.650. The molecule has 0 radical (unpaired) electrons. The van der Waals surface area contributed by atoms with Crippen molar-refractivity contribution in [2.75, 3.05) is 6.54 Å². The Balaban J connectivity index is 3.37. The molecule has 5 heteroatoms. The van der Waals surface area contributed by atoms with Crippen molar-refractivity contribution in [3.8, 4) is 0 Å². The molecule has 72 valence electrons. The second kappa shape index (κ2) is 5.93. The molecule has 6 N–H and O–H groups in total. The smallest absolute Gasteiger partial charge is 0.320 e. The molecule has 5 nitrogen and oxygen atoms in total. The molecule has 2 atom stereocenters. The van der Waals surface area contributed by atoms with Crippen LogP contribution in [-0.2, 0) is 4.79 Å². The minimum atomic E-state index is -1.00. The number of aliphatic carboxylic acids is 1. The summed E-state index contributed by atoms with van der Waals surface area (Å²) in [5.41, 5.74) is 10.4. The van der Waals surface area contributed by atoms with Gasteiger partial charge in [-0.15, -0.1) is 0 Å². The quantitative estimate of drug-likeness (QED) is 0.410. The summed E-state index contributed by atoms with van der Waals surface area (Å²) < 4.78 is 0. The maximum Gasteiger partial charge on any atom is 0.320 e. The molecule has 0 unspecified atom stereocenters. The number of rotatable bonds is 6. The first-order chi connectivity index (χ1) is 5.57. The third-order valence-electron chi connectivity index (χ3n) is 1.64. The van der Waals surface area contributed by atoms with E-state index in [2.05, 4.69) is 0 Å². The first-order valence-corrected chi connectivity index (χ1v) is 3.94. The topological polar surface area (TPSA) is 110 Å². The monoisotopic (exact) mass is 176 g/mol. The maximum atomic E-state index is 10.2. The van der Waals surface area contributed by atoms with Gasteiger partial charge in [-0.3, -0.25) is 4.79 Å². The number of carboxylic acids is 1. The summed E-state index contributed by atoms with van der Waals surface area (Å²) in [7, 11) is 0. The van der Waals surface area contributed by atoms with Gasteiger partial charge in [0.2, 0.25) is 0 Å². The zero-order valence-electron chi connectivity index (χ0n) is 6.94.